The largest absolute Gasteiger partial charge is 0.381 e. The smallest absolute Gasteiger partial charge is 0.0410 e. The van der Waals surface area contributed by atoms with Gasteiger partial charge in [0.2, 0.25) is 0 Å². The van der Waals surface area contributed by atoms with Crippen molar-refractivity contribution in [2.45, 2.75) is 40.2 Å². The Balaban J connectivity index is 1.84. The van der Waals surface area contributed by atoms with Gasteiger partial charge in [-0.1, -0.05) is 65.7 Å². The Morgan fingerprint density at radius 1 is 0.704 bits per heavy atom. The van der Waals surface area contributed by atoms with Gasteiger partial charge in [-0.3, -0.25) is 0 Å². The average molecular weight is 354 g/mol. The van der Waals surface area contributed by atoms with Gasteiger partial charge in [-0.2, -0.15) is 0 Å². The van der Waals surface area contributed by atoms with Gasteiger partial charge in [0.05, 0.1) is 0 Å². The topological polar surface area (TPSA) is 12.0 Å². The molecule has 0 amide bonds. The molecule has 0 atom stereocenters. The van der Waals surface area contributed by atoms with Gasteiger partial charge in [-0.05, 0) is 72.9 Å². The summed E-state index contributed by atoms with van der Waals surface area (Å²) in [5.74, 6) is 0.391. The summed E-state index contributed by atoms with van der Waals surface area (Å²) < 4.78 is 0. The molecule has 4 rings (SSSR count). The second-order valence-corrected chi connectivity index (χ2v) is 7.62. The minimum Gasteiger partial charge on any atom is -0.381 e. The first-order valence-corrected chi connectivity index (χ1v) is 9.72. The molecule has 0 bridgehead atoms. The van der Waals surface area contributed by atoms with Crippen molar-refractivity contribution >= 4 is 16.5 Å². The molecular weight excluding hydrogens is 326 g/mol. The minimum atomic E-state index is 0.391. The van der Waals surface area contributed by atoms with Crippen LogP contribution in [0.1, 0.15) is 44.7 Å². The summed E-state index contributed by atoms with van der Waals surface area (Å²) in [5.41, 5.74) is 9.88. The summed E-state index contributed by atoms with van der Waals surface area (Å²) in [6.45, 7) is 9.94. The van der Waals surface area contributed by atoms with Gasteiger partial charge < -0.3 is 5.32 Å². The fourth-order valence-electron chi connectivity index (χ4n) is 4.38. The number of para-hydroxylation sites is 1. The highest BCUT2D eigenvalue weighted by Crippen LogP contribution is 2.45. The van der Waals surface area contributed by atoms with E-state index in [0.29, 0.717) is 5.92 Å². The van der Waals surface area contributed by atoms with E-state index in [2.05, 4.69) is 99.7 Å². The third-order valence-electron chi connectivity index (χ3n) is 6.24. The Morgan fingerprint density at radius 3 is 2.04 bits per heavy atom. The molecule has 3 aromatic carbocycles. The number of allylic oxidation sites excluding steroid dienone is 4. The third kappa shape index (κ3) is 3.08. The molecule has 1 N–H and O–H groups in total. The van der Waals surface area contributed by atoms with E-state index in [9.17, 15) is 0 Å². The summed E-state index contributed by atoms with van der Waals surface area (Å²) in [6, 6.07) is 23.8. The predicted molar refractivity (Wildman–Crippen MR) is 117 cm³/mol. The molecule has 0 radical (unpaired) electrons. The number of hydrogen-bond donors (Lipinski definition) is 1. The van der Waals surface area contributed by atoms with Crippen molar-refractivity contribution < 1.29 is 0 Å². The SMILES string of the molecule is CC1=C(C)C(c2ccc3ccccc3c2CNc2ccccc2)C(C)=C1C. The van der Waals surface area contributed by atoms with Gasteiger partial charge in [-0.25, -0.2) is 0 Å². The lowest BCUT2D eigenvalue weighted by molar-refractivity contribution is 0.913. The normalized spacial score (nSPS) is 15.1. The molecule has 0 saturated heterocycles. The molecule has 1 nitrogen and oxygen atoms in total. The number of fused-ring (bicyclic) bond motifs is 1. The van der Waals surface area contributed by atoms with Crippen LogP contribution in [0.4, 0.5) is 5.69 Å². The maximum atomic E-state index is 3.64. The van der Waals surface area contributed by atoms with Crippen LogP contribution in [0, 0.1) is 0 Å². The second-order valence-electron chi connectivity index (χ2n) is 7.62. The summed E-state index contributed by atoms with van der Waals surface area (Å²) in [5, 5.41) is 6.29. The molecule has 0 unspecified atom stereocenters. The number of benzene rings is 3. The fraction of sp³-hybridized carbons (Fsp3) is 0.231. The molecule has 0 fully saturated rings. The Hall–Kier alpha value is -2.80. The van der Waals surface area contributed by atoms with E-state index < -0.39 is 0 Å². The van der Waals surface area contributed by atoms with Crippen LogP contribution in [-0.2, 0) is 6.54 Å². The zero-order valence-corrected chi connectivity index (χ0v) is 16.6. The molecule has 0 saturated carbocycles. The molecule has 1 aliphatic carbocycles. The summed E-state index contributed by atoms with van der Waals surface area (Å²) >= 11 is 0. The first-order valence-electron chi connectivity index (χ1n) is 9.72. The van der Waals surface area contributed by atoms with Gasteiger partial charge in [0.1, 0.15) is 0 Å². The number of anilines is 1. The molecule has 0 aliphatic heterocycles. The van der Waals surface area contributed by atoms with Crippen molar-refractivity contribution in [2.75, 3.05) is 5.32 Å². The molecule has 136 valence electrons. The Morgan fingerprint density at radius 2 is 1.33 bits per heavy atom. The zero-order chi connectivity index (χ0) is 19.0. The summed E-state index contributed by atoms with van der Waals surface area (Å²) in [6.07, 6.45) is 0. The third-order valence-corrected chi connectivity index (χ3v) is 6.24. The highest BCUT2D eigenvalue weighted by molar-refractivity contribution is 5.87. The molecule has 0 heterocycles. The van der Waals surface area contributed by atoms with Crippen LogP contribution in [0.25, 0.3) is 10.8 Å². The summed E-state index contributed by atoms with van der Waals surface area (Å²) in [7, 11) is 0. The van der Waals surface area contributed by atoms with E-state index in [1.165, 1.54) is 44.2 Å². The van der Waals surface area contributed by atoms with Crippen LogP contribution < -0.4 is 5.32 Å². The molecular formula is C26H27N. The maximum Gasteiger partial charge on any atom is 0.0410 e. The Labute approximate surface area is 162 Å². The lowest BCUT2D eigenvalue weighted by Gasteiger charge is -2.22. The highest BCUT2D eigenvalue weighted by atomic mass is 14.9. The van der Waals surface area contributed by atoms with E-state index in [1.54, 1.807) is 0 Å². The quantitative estimate of drug-likeness (QED) is 0.522. The average Bonchev–Trinajstić information content (AvgIpc) is 2.90. The number of rotatable bonds is 4. The van der Waals surface area contributed by atoms with Crippen LogP contribution in [0.3, 0.4) is 0 Å². The van der Waals surface area contributed by atoms with Gasteiger partial charge in [0.15, 0.2) is 0 Å². The van der Waals surface area contributed by atoms with Gasteiger partial charge in [-0.15, -0.1) is 0 Å². The Bertz CT molecular complexity index is 1030. The minimum absolute atomic E-state index is 0.391. The van der Waals surface area contributed by atoms with Crippen LogP contribution in [0.5, 0.6) is 0 Å². The van der Waals surface area contributed by atoms with Crippen molar-refractivity contribution in [1.82, 2.24) is 0 Å². The standard InChI is InChI=1S/C26H27N/c1-17-18(2)20(4)26(19(17)3)24-15-14-21-10-8-9-13-23(21)25(24)16-27-22-11-6-5-7-12-22/h5-15,26-27H,16H2,1-4H3. The zero-order valence-electron chi connectivity index (χ0n) is 16.6. The second kappa shape index (κ2) is 7.08. The number of nitrogens with one attached hydrogen (secondary N) is 1. The first kappa shape index (κ1) is 17.6. The van der Waals surface area contributed by atoms with Crippen molar-refractivity contribution in [3.63, 3.8) is 0 Å². The lowest BCUT2D eigenvalue weighted by Crippen LogP contribution is -2.09. The fourth-order valence-corrected chi connectivity index (χ4v) is 4.38. The predicted octanol–water partition coefficient (Wildman–Crippen LogP) is 7.22. The van der Waals surface area contributed by atoms with E-state index >= 15 is 0 Å². The maximum absolute atomic E-state index is 3.64. The molecule has 0 spiro atoms. The molecule has 0 aromatic heterocycles. The monoisotopic (exact) mass is 353 g/mol. The lowest BCUT2D eigenvalue weighted by atomic mass is 9.84. The number of hydrogen-bond acceptors (Lipinski definition) is 1. The highest BCUT2D eigenvalue weighted by Gasteiger charge is 2.28. The molecule has 3 aromatic rings. The molecule has 27 heavy (non-hydrogen) atoms. The van der Waals surface area contributed by atoms with E-state index in [-0.39, 0.29) is 0 Å². The van der Waals surface area contributed by atoms with E-state index in [0.717, 1.165) is 12.2 Å². The molecule has 1 aliphatic rings. The van der Waals surface area contributed by atoms with Gasteiger partial charge >= 0.3 is 0 Å². The Kier molecular flexibility index (Phi) is 4.61. The van der Waals surface area contributed by atoms with Crippen LogP contribution in [-0.4, -0.2) is 0 Å². The van der Waals surface area contributed by atoms with E-state index in [4.69, 9.17) is 0 Å². The molecule has 1 heteroatoms. The van der Waals surface area contributed by atoms with Crippen molar-refractivity contribution in [1.29, 1.82) is 0 Å². The van der Waals surface area contributed by atoms with Crippen molar-refractivity contribution in [2.24, 2.45) is 0 Å². The van der Waals surface area contributed by atoms with Gasteiger partial charge in [0, 0.05) is 18.2 Å². The summed E-state index contributed by atoms with van der Waals surface area (Å²) in [4.78, 5) is 0. The van der Waals surface area contributed by atoms with Crippen LogP contribution >= 0.6 is 0 Å². The first-order chi connectivity index (χ1) is 13.1. The van der Waals surface area contributed by atoms with Crippen LogP contribution in [0.2, 0.25) is 0 Å². The van der Waals surface area contributed by atoms with E-state index in [1.807, 2.05) is 0 Å². The van der Waals surface area contributed by atoms with Crippen LogP contribution in [0.15, 0.2) is 89.0 Å². The van der Waals surface area contributed by atoms with Gasteiger partial charge in [0.25, 0.3) is 0 Å². The van der Waals surface area contributed by atoms with Crippen molar-refractivity contribution in [3.8, 4) is 0 Å². The van der Waals surface area contributed by atoms with Crippen molar-refractivity contribution in [3.05, 3.63) is 100 Å².